The Hall–Kier alpha value is -1.87. The Bertz CT molecular complexity index is 513. The van der Waals surface area contributed by atoms with Gasteiger partial charge in [-0.05, 0) is 42.7 Å². The van der Waals surface area contributed by atoms with Gasteiger partial charge in [0, 0.05) is 18.4 Å². The minimum atomic E-state index is -0.144. The van der Waals surface area contributed by atoms with Crippen LogP contribution in [0.3, 0.4) is 0 Å². The molecule has 2 rings (SSSR count). The van der Waals surface area contributed by atoms with Crippen LogP contribution in [-0.4, -0.2) is 11.0 Å². The van der Waals surface area contributed by atoms with Crippen LogP contribution in [0.2, 0.25) is 0 Å². The lowest BCUT2D eigenvalue weighted by Crippen LogP contribution is -2.31. The standard InChI is InChI=1S/C16H20N2O/c1-3-14(17)16(13-8-10-18-11-9-13)19-15-7-5-4-6-12(15)2/h4-11,14,16H,3,17H2,1-2H3. The van der Waals surface area contributed by atoms with Gasteiger partial charge in [0.2, 0.25) is 0 Å². The van der Waals surface area contributed by atoms with Crippen molar-refractivity contribution in [2.45, 2.75) is 32.4 Å². The molecule has 0 amide bonds. The normalized spacial score (nSPS) is 13.8. The van der Waals surface area contributed by atoms with Gasteiger partial charge in [0.15, 0.2) is 0 Å². The minimum absolute atomic E-state index is 0.0398. The Morgan fingerprint density at radius 2 is 1.84 bits per heavy atom. The van der Waals surface area contributed by atoms with Gasteiger partial charge in [-0.2, -0.15) is 0 Å². The van der Waals surface area contributed by atoms with E-state index in [9.17, 15) is 0 Å². The first kappa shape index (κ1) is 13.6. The minimum Gasteiger partial charge on any atom is -0.484 e. The number of pyridine rings is 1. The number of ether oxygens (including phenoxy) is 1. The largest absolute Gasteiger partial charge is 0.484 e. The van der Waals surface area contributed by atoms with Gasteiger partial charge in [-0.25, -0.2) is 0 Å². The van der Waals surface area contributed by atoms with Gasteiger partial charge in [0.25, 0.3) is 0 Å². The van der Waals surface area contributed by atoms with Crippen molar-refractivity contribution in [2.24, 2.45) is 5.73 Å². The molecule has 0 fully saturated rings. The molecular formula is C16H20N2O. The van der Waals surface area contributed by atoms with E-state index in [0.29, 0.717) is 0 Å². The number of hydrogen-bond acceptors (Lipinski definition) is 3. The second kappa shape index (κ2) is 6.34. The van der Waals surface area contributed by atoms with E-state index in [1.807, 2.05) is 43.3 Å². The van der Waals surface area contributed by atoms with E-state index >= 15 is 0 Å². The molecule has 0 spiro atoms. The van der Waals surface area contributed by atoms with Gasteiger partial charge in [-0.3, -0.25) is 4.98 Å². The molecule has 1 aromatic heterocycles. The van der Waals surface area contributed by atoms with Gasteiger partial charge in [-0.15, -0.1) is 0 Å². The van der Waals surface area contributed by atoms with E-state index in [2.05, 4.69) is 11.9 Å². The summed E-state index contributed by atoms with van der Waals surface area (Å²) < 4.78 is 6.13. The average molecular weight is 256 g/mol. The van der Waals surface area contributed by atoms with Crippen molar-refractivity contribution in [1.82, 2.24) is 4.98 Å². The Morgan fingerprint density at radius 1 is 1.16 bits per heavy atom. The third-order valence-corrected chi connectivity index (χ3v) is 3.24. The molecule has 1 heterocycles. The number of rotatable bonds is 5. The van der Waals surface area contributed by atoms with Crippen LogP contribution in [0, 0.1) is 6.92 Å². The van der Waals surface area contributed by atoms with Crippen LogP contribution in [0.4, 0.5) is 0 Å². The van der Waals surface area contributed by atoms with Crippen molar-refractivity contribution in [3.8, 4) is 5.75 Å². The van der Waals surface area contributed by atoms with Gasteiger partial charge >= 0.3 is 0 Å². The molecule has 0 aliphatic heterocycles. The SMILES string of the molecule is CCC(N)C(Oc1ccccc1C)c1ccncc1. The number of benzene rings is 1. The van der Waals surface area contributed by atoms with E-state index in [0.717, 1.165) is 23.3 Å². The quantitative estimate of drug-likeness (QED) is 0.893. The van der Waals surface area contributed by atoms with Crippen LogP contribution in [0.1, 0.15) is 30.6 Å². The van der Waals surface area contributed by atoms with Crippen LogP contribution in [0.15, 0.2) is 48.8 Å². The molecule has 0 aliphatic rings. The summed E-state index contributed by atoms with van der Waals surface area (Å²) in [6.45, 7) is 4.11. The summed E-state index contributed by atoms with van der Waals surface area (Å²) in [5.74, 6) is 0.883. The average Bonchev–Trinajstić information content (AvgIpc) is 2.46. The highest BCUT2D eigenvalue weighted by atomic mass is 16.5. The van der Waals surface area contributed by atoms with Crippen LogP contribution >= 0.6 is 0 Å². The summed E-state index contributed by atoms with van der Waals surface area (Å²) in [6.07, 6.45) is 4.26. The second-order valence-corrected chi connectivity index (χ2v) is 4.66. The molecule has 2 N–H and O–H groups in total. The Morgan fingerprint density at radius 3 is 2.47 bits per heavy atom. The highest BCUT2D eigenvalue weighted by molar-refractivity contribution is 5.33. The molecule has 19 heavy (non-hydrogen) atoms. The van der Waals surface area contributed by atoms with Crippen LogP contribution in [0.25, 0.3) is 0 Å². The van der Waals surface area contributed by atoms with E-state index in [-0.39, 0.29) is 12.1 Å². The van der Waals surface area contributed by atoms with Gasteiger partial charge in [-0.1, -0.05) is 25.1 Å². The van der Waals surface area contributed by atoms with Crippen molar-refractivity contribution in [3.63, 3.8) is 0 Å². The fourth-order valence-corrected chi connectivity index (χ4v) is 2.00. The van der Waals surface area contributed by atoms with Crippen LogP contribution in [-0.2, 0) is 0 Å². The number of aromatic nitrogens is 1. The Kier molecular flexibility index (Phi) is 4.53. The van der Waals surface area contributed by atoms with Crippen molar-refractivity contribution >= 4 is 0 Å². The molecule has 0 radical (unpaired) electrons. The highest BCUT2D eigenvalue weighted by Gasteiger charge is 2.20. The predicted octanol–water partition coefficient (Wildman–Crippen LogP) is 3.25. The molecule has 0 saturated carbocycles. The molecule has 2 unspecified atom stereocenters. The van der Waals surface area contributed by atoms with E-state index < -0.39 is 0 Å². The third kappa shape index (κ3) is 3.32. The summed E-state index contributed by atoms with van der Waals surface area (Å²) in [5, 5.41) is 0. The first-order valence-electron chi connectivity index (χ1n) is 6.60. The Balaban J connectivity index is 2.27. The molecule has 2 atom stereocenters. The lowest BCUT2D eigenvalue weighted by atomic mass is 10.0. The second-order valence-electron chi connectivity index (χ2n) is 4.66. The van der Waals surface area contributed by atoms with E-state index in [1.165, 1.54) is 0 Å². The van der Waals surface area contributed by atoms with Gasteiger partial charge in [0.1, 0.15) is 11.9 Å². The number of aryl methyl sites for hydroxylation is 1. The third-order valence-electron chi connectivity index (χ3n) is 3.24. The molecule has 3 nitrogen and oxygen atoms in total. The monoisotopic (exact) mass is 256 g/mol. The summed E-state index contributed by atoms with van der Waals surface area (Å²) in [6, 6.07) is 11.9. The smallest absolute Gasteiger partial charge is 0.139 e. The maximum atomic E-state index is 6.20. The van der Waals surface area contributed by atoms with Gasteiger partial charge in [0.05, 0.1) is 0 Å². The van der Waals surface area contributed by atoms with Crippen LogP contribution in [0.5, 0.6) is 5.75 Å². The molecule has 0 saturated heterocycles. The first-order chi connectivity index (χ1) is 9.22. The molecular weight excluding hydrogens is 236 g/mol. The molecule has 3 heteroatoms. The molecule has 0 aliphatic carbocycles. The summed E-state index contributed by atoms with van der Waals surface area (Å²) in [5.41, 5.74) is 8.38. The lowest BCUT2D eigenvalue weighted by molar-refractivity contribution is 0.170. The molecule has 0 bridgehead atoms. The van der Waals surface area contributed by atoms with Crippen molar-refractivity contribution < 1.29 is 4.74 Å². The molecule has 1 aromatic carbocycles. The zero-order valence-corrected chi connectivity index (χ0v) is 11.4. The summed E-state index contributed by atoms with van der Waals surface area (Å²) in [4.78, 5) is 4.04. The lowest BCUT2D eigenvalue weighted by Gasteiger charge is -2.25. The van der Waals surface area contributed by atoms with Crippen molar-refractivity contribution in [3.05, 3.63) is 59.9 Å². The summed E-state index contributed by atoms with van der Waals surface area (Å²) in [7, 11) is 0. The predicted molar refractivity (Wildman–Crippen MR) is 77.1 cm³/mol. The highest BCUT2D eigenvalue weighted by Crippen LogP contribution is 2.27. The van der Waals surface area contributed by atoms with Crippen molar-refractivity contribution in [2.75, 3.05) is 0 Å². The maximum Gasteiger partial charge on any atom is 0.139 e. The topological polar surface area (TPSA) is 48.1 Å². The number of para-hydroxylation sites is 1. The van der Waals surface area contributed by atoms with Gasteiger partial charge < -0.3 is 10.5 Å². The molecule has 100 valence electrons. The fraction of sp³-hybridized carbons (Fsp3) is 0.312. The van der Waals surface area contributed by atoms with E-state index in [4.69, 9.17) is 10.5 Å². The number of nitrogens with two attached hydrogens (primary N) is 1. The summed E-state index contributed by atoms with van der Waals surface area (Å²) >= 11 is 0. The zero-order chi connectivity index (χ0) is 13.7. The van der Waals surface area contributed by atoms with E-state index in [1.54, 1.807) is 12.4 Å². The Labute approximate surface area is 114 Å². The molecule has 2 aromatic rings. The maximum absolute atomic E-state index is 6.20. The fourth-order valence-electron chi connectivity index (χ4n) is 2.00. The first-order valence-corrected chi connectivity index (χ1v) is 6.60. The van der Waals surface area contributed by atoms with Crippen molar-refractivity contribution in [1.29, 1.82) is 0 Å². The number of hydrogen-bond donors (Lipinski definition) is 1. The number of nitrogens with zero attached hydrogens (tertiary/aromatic N) is 1. The van der Waals surface area contributed by atoms with Crippen LogP contribution < -0.4 is 10.5 Å². The zero-order valence-electron chi connectivity index (χ0n) is 11.4.